The van der Waals surface area contributed by atoms with Gasteiger partial charge in [0.05, 0.1) is 0 Å². The van der Waals surface area contributed by atoms with Crippen molar-refractivity contribution in [3.05, 3.63) is 29.3 Å². The van der Waals surface area contributed by atoms with Crippen molar-refractivity contribution in [2.24, 2.45) is 0 Å². The zero-order valence-corrected chi connectivity index (χ0v) is 11.1. The molecule has 1 aromatic rings. The molecule has 2 nitrogen and oxygen atoms in total. The highest BCUT2D eigenvalue weighted by Gasteiger charge is 2.25. The highest BCUT2D eigenvalue weighted by molar-refractivity contribution is 5.48. The summed E-state index contributed by atoms with van der Waals surface area (Å²) >= 11 is 0. The smallest absolute Gasteiger partial charge is 0.0346 e. The van der Waals surface area contributed by atoms with Gasteiger partial charge in [-0.1, -0.05) is 31.4 Å². The fourth-order valence-electron chi connectivity index (χ4n) is 2.62. The second kappa shape index (κ2) is 5.09. The highest BCUT2D eigenvalue weighted by Crippen LogP contribution is 2.28. The summed E-state index contributed by atoms with van der Waals surface area (Å²) < 4.78 is 0. The third-order valence-corrected chi connectivity index (χ3v) is 4.02. The second-order valence-electron chi connectivity index (χ2n) is 5.67. The van der Waals surface area contributed by atoms with Crippen molar-refractivity contribution >= 4 is 5.69 Å². The van der Waals surface area contributed by atoms with Gasteiger partial charge in [-0.25, -0.2) is 0 Å². The molecule has 0 saturated heterocycles. The molecule has 1 aromatic carbocycles. The number of nitrogen functional groups attached to an aromatic ring is 1. The Balaban J connectivity index is 1.94. The Morgan fingerprint density at radius 2 is 1.94 bits per heavy atom. The Labute approximate surface area is 105 Å². The van der Waals surface area contributed by atoms with Gasteiger partial charge in [0.2, 0.25) is 0 Å². The standard InChI is InChI=1S/C15H24N2/c1-12-6-7-13(10-14(12)16)11-17-15(2)8-4-3-5-9-15/h6-7,10,17H,3-5,8-9,11,16H2,1-2H3. The average molecular weight is 232 g/mol. The van der Waals surface area contributed by atoms with E-state index in [9.17, 15) is 0 Å². The van der Waals surface area contributed by atoms with Crippen LogP contribution in [0.25, 0.3) is 0 Å². The third-order valence-electron chi connectivity index (χ3n) is 4.02. The first-order valence-corrected chi connectivity index (χ1v) is 6.69. The SMILES string of the molecule is Cc1ccc(CNC2(C)CCCCC2)cc1N. The topological polar surface area (TPSA) is 38.0 Å². The minimum Gasteiger partial charge on any atom is -0.399 e. The molecule has 0 bridgehead atoms. The van der Waals surface area contributed by atoms with Gasteiger partial charge in [0.15, 0.2) is 0 Å². The van der Waals surface area contributed by atoms with E-state index in [0.717, 1.165) is 17.8 Å². The molecule has 0 atom stereocenters. The summed E-state index contributed by atoms with van der Waals surface area (Å²) in [7, 11) is 0. The maximum absolute atomic E-state index is 5.93. The van der Waals surface area contributed by atoms with Gasteiger partial charge < -0.3 is 11.1 Å². The lowest BCUT2D eigenvalue weighted by Gasteiger charge is -2.35. The molecule has 1 saturated carbocycles. The van der Waals surface area contributed by atoms with Gasteiger partial charge in [-0.3, -0.25) is 0 Å². The summed E-state index contributed by atoms with van der Waals surface area (Å²) in [5.74, 6) is 0. The van der Waals surface area contributed by atoms with Gasteiger partial charge in [0.1, 0.15) is 0 Å². The van der Waals surface area contributed by atoms with E-state index in [1.165, 1.54) is 37.7 Å². The Morgan fingerprint density at radius 3 is 2.59 bits per heavy atom. The quantitative estimate of drug-likeness (QED) is 0.784. The number of hydrogen-bond acceptors (Lipinski definition) is 2. The van der Waals surface area contributed by atoms with Gasteiger partial charge in [0.25, 0.3) is 0 Å². The van der Waals surface area contributed by atoms with Crippen LogP contribution in [0.1, 0.15) is 50.2 Å². The summed E-state index contributed by atoms with van der Waals surface area (Å²) in [5, 5.41) is 3.71. The first kappa shape index (κ1) is 12.4. The molecule has 0 amide bonds. The van der Waals surface area contributed by atoms with Crippen LogP contribution in [0.4, 0.5) is 5.69 Å². The number of anilines is 1. The van der Waals surface area contributed by atoms with Gasteiger partial charge in [-0.15, -0.1) is 0 Å². The summed E-state index contributed by atoms with van der Waals surface area (Å²) in [6, 6.07) is 6.37. The third kappa shape index (κ3) is 3.22. The monoisotopic (exact) mass is 232 g/mol. The lowest BCUT2D eigenvalue weighted by molar-refractivity contribution is 0.252. The van der Waals surface area contributed by atoms with E-state index in [1.54, 1.807) is 0 Å². The van der Waals surface area contributed by atoms with E-state index >= 15 is 0 Å². The number of rotatable bonds is 3. The fourth-order valence-corrected chi connectivity index (χ4v) is 2.62. The number of nitrogens with two attached hydrogens (primary N) is 1. The molecule has 0 unspecified atom stereocenters. The van der Waals surface area contributed by atoms with Gasteiger partial charge >= 0.3 is 0 Å². The molecule has 1 aliphatic rings. The first-order chi connectivity index (χ1) is 8.09. The van der Waals surface area contributed by atoms with Crippen LogP contribution in [0.2, 0.25) is 0 Å². The molecule has 0 spiro atoms. The van der Waals surface area contributed by atoms with Crippen molar-refractivity contribution in [1.82, 2.24) is 5.32 Å². The molecular formula is C15H24N2. The zero-order valence-electron chi connectivity index (χ0n) is 11.1. The molecule has 2 rings (SSSR count). The summed E-state index contributed by atoms with van der Waals surface area (Å²) in [6.07, 6.45) is 6.72. The first-order valence-electron chi connectivity index (χ1n) is 6.69. The van der Waals surface area contributed by atoms with Crippen molar-refractivity contribution in [3.8, 4) is 0 Å². The maximum Gasteiger partial charge on any atom is 0.0346 e. The molecular weight excluding hydrogens is 208 g/mol. The van der Waals surface area contributed by atoms with E-state index < -0.39 is 0 Å². The minimum atomic E-state index is 0.331. The van der Waals surface area contributed by atoms with E-state index in [-0.39, 0.29) is 0 Å². The minimum absolute atomic E-state index is 0.331. The van der Waals surface area contributed by atoms with Crippen LogP contribution < -0.4 is 11.1 Å². The van der Waals surface area contributed by atoms with Crippen LogP contribution in [0.5, 0.6) is 0 Å². The lowest BCUT2D eigenvalue weighted by atomic mass is 9.83. The Kier molecular flexibility index (Phi) is 3.72. The Morgan fingerprint density at radius 1 is 1.24 bits per heavy atom. The molecule has 2 heteroatoms. The van der Waals surface area contributed by atoms with E-state index in [0.29, 0.717) is 5.54 Å². The van der Waals surface area contributed by atoms with Gasteiger partial charge in [0, 0.05) is 17.8 Å². The number of aryl methyl sites for hydroxylation is 1. The van der Waals surface area contributed by atoms with Gasteiger partial charge in [-0.05, 0) is 43.9 Å². The average Bonchev–Trinajstić information content (AvgIpc) is 2.32. The molecule has 17 heavy (non-hydrogen) atoms. The number of hydrogen-bond donors (Lipinski definition) is 2. The Bertz CT molecular complexity index is 379. The van der Waals surface area contributed by atoms with Crippen LogP contribution in [-0.2, 0) is 6.54 Å². The zero-order chi connectivity index (χ0) is 12.3. The van der Waals surface area contributed by atoms with Crippen LogP contribution in [0, 0.1) is 6.92 Å². The second-order valence-corrected chi connectivity index (χ2v) is 5.67. The van der Waals surface area contributed by atoms with Crippen molar-refractivity contribution < 1.29 is 0 Å². The van der Waals surface area contributed by atoms with Crippen molar-refractivity contribution in [2.45, 2.75) is 58.0 Å². The normalized spacial score (nSPS) is 19.2. The summed E-state index contributed by atoms with van der Waals surface area (Å²) in [5.41, 5.74) is 9.62. The van der Waals surface area contributed by atoms with Crippen molar-refractivity contribution in [1.29, 1.82) is 0 Å². The molecule has 0 aromatic heterocycles. The molecule has 1 fully saturated rings. The van der Waals surface area contributed by atoms with Crippen LogP contribution in [0.3, 0.4) is 0 Å². The molecule has 0 aliphatic heterocycles. The number of nitrogens with one attached hydrogen (secondary N) is 1. The lowest BCUT2D eigenvalue weighted by Crippen LogP contribution is -2.43. The predicted molar refractivity (Wildman–Crippen MR) is 73.9 cm³/mol. The van der Waals surface area contributed by atoms with Crippen molar-refractivity contribution in [2.75, 3.05) is 5.73 Å². The fraction of sp³-hybridized carbons (Fsp3) is 0.600. The van der Waals surface area contributed by atoms with Gasteiger partial charge in [-0.2, -0.15) is 0 Å². The molecule has 0 heterocycles. The molecule has 1 aliphatic carbocycles. The summed E-state index contributed by atoms with van der Waals surface area (Å²) in [6.45, 7) is 5.33. The predicted octanol–water partition coefficient (Wildman–Crippen LogP) is 3.39. The molecule has 94 valence electrons. The van der Waals surface area contributed by atoms with E-state index in [2.05, 4.69) is 37.4 Å². The Hall–Kier alpha value is -1.02. The van der Waals surface area contributed by atoms with Crippen molar-refractivity contribution in [3.63, 3.8) is 0 Å². The van der Waals surface area contributed by atoms with Crippen LogP contribution in [0.15, 0.2) is 18.2 Å². The van der Waals surface area contributed by atoms with Crippen LogP contribution in [-0.4, -0.2) is 5.54 Å². The molecule has 0 radical (unpaired) electrons. The summed E-state index contributed by atoms with van der Waals surface area (Å²) in [4.78, 5) is 0. The van der Waals surface area contributed by atoms with E-state index in [1.807, 2.05) is 0 Å². The van der Waals surface area contributed by atoms with E-state index in [4.69, 9.17) is 5.73 Å². The largest absolute Gasteiger partial charge is 0.399 e. The maximum atomic E-state index is 5.93. The van der Waals surface area contributed by atoms with Crippen LogP contribution >= 0.6 is 0 Å². The highest BCUT2D eigenvalue weighted by atomic mass is 15.0. The number of benzene rings is 1. The molecule has 3 N–H and O–H groups in total.